The van der Waals surface area contributed by atoms with Gasteiger partial charge < -0.3 is 10.2 Å². The Morgan fingerprint density at radius 1 is 1.44 bits per heavy atom. The van der Waals surface area contributed by atoms with Gasteiger partial charge in [0.25, 0.3) is 0 Å². The highest BCUT2D eigenvalue weighted by Gasteiger charge is 2.34. The molecule has 0 aliphatic carbocycles. The molecule has 18 heavy (non-hydrogen) atoms. The zero-order valence-corrected chi connectivity index (χ0v) is 11.7. The fraction of sp³-hybridized carbons (Fsp3) is 0.750. The summed E-state index contributed by atoms with van der Waals surface area (Å²) >= 11 is 0. The van der Waals surface area contributed by atoms with Crippen LogP contribution in [0.25, 0.3) is 0 Å². The van der Waals surface area contributed by atoms with E-state index in [0.717, 1.165) is 24.2 Å². The number of likely N-dealkylation sites (N-methyl/N-ethyl adjacent to an activating group) is 1. The van der Waals surface area contributed by atoms with E-state index in [9.17, 15) is 13.2 Å². The summed E-state index contributed by atoms with van der Waals surface area (Å²) in [4.78, 5) is 14.1. The van der Waals surface area contributed by atoms with Gasteiger partial charge in [0.15, 0.2) is 9.84 Å². The van der Waals surface area contributed by atoms with Crippen molar-refractivity contribution in [2.75, 3.05) is 31.1 Å². The lowest BCUT2D eigenvalue weighted by atomic mass is 10.0. The van der Waals surface area contributed by atoms with Gasteiger partial charge in [-0.05, 0) is 25.8 Å². The van der Waals surface area contributed by atoms with Gasteiger partial charge in [-0.15, -0.1) is 0 Å². The number of sulfone groups is 1. The number of carbonyl (C=O) groups is 1. The maximum atomic E-state index is 12.4. The number of hydrogen-bond acceptors (Lipinski definition) is 4. The van der Waals surface area contributed by atoms with E-state index in [1.807, 2.05) is 13.8 Å². The van der Waals surface area contributed by atoms with Crippen LogP contribution < -0.4 is 5.32 Å². The first kappa shape index (κ1) is 13.5. The minimum atomic E-state index is -2.94. The number of carbonyl (C=O) groups excluding carboxylic acids is 1. The van der Waals surface area contributed by atoms with E-state index < -0.39 is 9.84 Å². The van der Waals surface area contributed by atoms with Crippen LogP contribution in [0.15, 0.2) is 11.1 Å². The van der Waals surface area contributed by atoms with Crippen molar-refractivity contribution >= 4 is 15.7 Å². The maximum Gasteiger partial charge on any atom is 0.249 e. The Labute approximate surface area is 108 Å². The lowest BCUT2D eigenvalue weighted by Gasteiger charge is -2.30. The van der Waals surface area contributed by atoms with Crippen molar-refractivity contribution in [2.45, 2.75) is 26.3 Å². The Kier molecular flexibility index (Phi) is 3.77. The first-order valence-electron chi connectivity index (χ1n) is 6.35. The minimum absolute atomic E-state index is 0.00361. The van der Waals surface area contributed by atoms with Crippen molar-refractivity contribution < 1.29 is 13.2 Å². The fourth-order valence-corrected chi connectivity index (χ4v) is 4.20. The van der Waals surface area contributed by atoms with Crippen LogP contribution in [0.4, 0.5) is 0 Å². The second-order valence-electron chi connectivity index (χ2n) is 4.98. The third-order valence-corrected chi connectivity index (χ3v) is 5.53. The Morgan fingerprint density at radius 3 is 2.50 bits per heavy atom. The molecule has 1 amide bonds. The topological polar surface area (TPSA) is 66.5 Å². The summed E-state index contributed by atoms with van der Waals surface area (Å²) in [6.07, 6.45) is 0.572. The zero-order valence-electron chi connectivity index (χ0n) is 10.9. The smallest absolute Gasteiger partial charge is 0.249 e. The fourth-order valence-electron chi connectivity index (χ4n) is 2.47. The molecule has 5 nitrogen and oxygen atoms in total. The molecule has 1 unspecified atom stereocenters. The van der Waals surface area contributed by atoms with Crippen LogP contribution in [-0.2, 0) is 14.6 Å². The van der Waals surface area contributed by atoms with Gasteiger partial charge in [0.1, 0.15) is 0 Å². The van der Waals surface area contributed by atoms with Gasteiger partial charge in [0, 0.05) is 31.2 Å². The van der Waals surface area contributed by atoms with Gasteiger partial charge in [-0.2, -0.15) is 0 Å². The first-order valence-corrected chi connectivity index (χ1v) is 8.17. The number of nitrogens with one attached hydrogen (secondary N) is 1. The second kappa shape index (κ2) is 5.01. The zero-order chi connectivity index (χ0) is 13.3. The summed E-state index contributed by atoms with van der Waals surface area (Å²) in [6.45, 7) is 5.86. The quantitative estimate of drug-likeness (QED) is 0.731. The van der Waals surface area contributed by atoms with Crippen LogP contribution >= 0.6 is 0 Å². The average molecular weight is 272 g/mol. The molecule has 1 atom stereocenters. The van der Waals surface area contributed by atoms with Crippen LogP contribution in [0.2, 0.25) is 0 Å². The van der Waals surface area contributed by atoms with Gasteiger partial charge in [-0.1, -0.05) is 0 Å². The predicted molar refractivity (Wildman–Crippen MR) is 70.0 cm³/mol. The Hall–Kier alpha value is -0.880. The van der Waals surface area contributed by atoms with E-state index in [1.165, 1.54) is 0 Å². The molecule has 0 saturated carbocycles. The van der Waals surface area contributed by atoms with Crippen LogP contribution in [0, 0.1) is 0 Å². The molecule has 0 aromatic heterocycles. The van der Waals surface area contributed by atoms with E-state index in [2.05, 4.69) is 5.32 Å². The van der Waals surface area contributed by atoms with Gasteiger partial charge >= 0.3 is 0 Å². The summed E-state index contributed by atoms with van der Waals surface area (Å²) in [5, 5.41) is 3.11. The number of hydrogen-bond donors (Lipinski definition) is 1. The van der Waals surface area contributed by atoms with Gasteiger partial charge in [-0.25, -0.2) is 8.42 Å². The van der Waals surface area contributed by atoms with E-state index in [0.29, 0.717) is 13.0 Å². The lowest BCUT2D eigenvalue weighted by Crippen LogP contribution is -2.44. The molecule has 2 aliphatic heterocycles. The van der Waals surface area contributed by atoms with Gasteiger partial charge in [0.2, 0.25) is 5.91 Å². The van der Waals surface area contributed by atoms with E-state index in [1.54, 1.807) is 4.90 Å². The molecule has 0 aromatic rings. The highest BCUT2D eigenvalue weighted by atomic mass is 32.2. The number of nitrogens with zero attached hydrogens (tertiary/aromatic N) is 1. The molecule has 2 rings (SSSR count). The average Bonchev–Trinajstić information content (AvgIpc) is 2.57. The maximum absolute atomic E-state index is 12.4. The summed E-state index contributed by atoms with van der Waals surface area (Å²) in [5.74, 6) is 0.322. The summed E-state index contributed by atoms with van der Waals surface area (Å²) < 4.78 is 23.0. The highest BCUT2D eigenvalue weighted by Crippen LogP contribution is 2.21. The van der Waals surface area contributed by atoms with E-state index >= 15 is 0 Å². The van der Waals surface area contributed by atoms with Crippen molar-refractivity contribution in [1.82, 2.24) is 10.2 Å². The summed E-state index contributed by atoms with van der Waals surface area (Å²) in [7, 11) is -2.94. The molecule has 2 saturated heterocycles. The summed E-state index contributed by atoms with van der Waals surface area (Å²) in [6, 6.07) is -0.143. The van der Waals surface area contributed by atoms with Crippen LogP contribution in [0.3, 0.4) is 0 Å². The van der Waals surface area contributed by atoms with Crippen molar-refractivity contribution in [3.05, 3.63) is 11.1 Å². The van der Waals surface area contributed by atoms with Crippen molar-refractivity contribution in [3.8, 4) is 0 Å². The van der Waals surface area contributed by atoms with Crippen molar-refractivity contribution in [1.29, 1.82) is 0 Å². The molecule has 0 bridgehead atoms. The van der Waals surface area contributed by atoms with Gasteiger partial charge in [-0.3, -0.25) is 4.79 Å². The van der Waals surface area contributed by atoms with Crippen LogP contribution in [0.1, 0.15) is 20.3 Å². The minimum Gasteiger partial charge on any atom is -0.335 e. The standard InChI is InChI=1S/C12H20N2O3S/c1-3-14(11-4-5-18(16,17)8-11)12(15)9(2)10-6-13-7-10/h11,13H,3-8H2,1-2H3. The van der Waals surface area contributed by atoms with E-state index in [-0.39, 0.29) is 23.5 Å². The Balaban J connectivity index is 2.12. The van der Waals surface area contributed by atoms with E-state index in [4.69, 9.17) is 0 Å². The molecule has 0 spiro atoms. The highest BCUT2D eigenvalue weighted by molar-refractivity contribution is 7.91. The van der Waals surface area contributed by atoms with Crippen molar-refractivity contribution in [2.24, 2.45) is 0 Å². The molecule has 0 aromatic carbocycles. The first-order chi connectivity index (χ1) is 8.44. The second-order valence-corrected chi connectivity index (χ2v) is 7.21. The Bertz CT molecular complexity index is 476. The largest absolute Gasteiger partial charge is 0.335 e. The molecule has 6 heteroatoms. The molecular formula is C12H20N2O3S. The molecule has 102 valence electrons. The number of amides is 1. The molecule has 2 heterocycles. The lowest BCUT2D eigenvalue weighted by molar-refractivity contribution is -0.128. The predicted octanol–water partition coefficient (Wildman–Crippen LogP) is -0.0583. The molecule has 2 aliphatic rings. The Morgan fingerprint density at radius 2 is 2.11 bits per heavy atom. The van der Waals surface area contributed by atoms with Crippen molar-refractivity contribution in [3.63, 3.8) is 0 Å². The molecule has 0 radical (unpaired) electrons. The monoisotopic (exact) mass is 272 g/mol. The molecule has 2 fully saturated rings. The summed E-state index contributed by atoms with van der Waals surface area (Å²) in [5.41, 5.74) is 1.92. The molecule has 1 N–H and O–H groups in total. The van der Waals surface area contributed by atoms with Crippen LogP contribution in [-0.4, -0.2) is 56.4 Å². The third-order valence-electron chi connectivity index (χ3n) is 3.78. The SMILES string of the molecule is CCN(C(=O)C(C)=C1CNC1)C1CCS(=O)(=O)C1. The third kappa shape index (κ3) is 2.59. The number of rotatable bonds is 3. The normalized spacial score (nSPS) is 25.7. The van der Waals surface area contributed by atoms with Gasteiger partial charge in [0.05, 0.1) is 11.5 Å². The van der Waals surface area contributed by atoms with Crippen LogP contribution in [0.5, 0.6) is 0 Å². The molecular weight excluding hydrogens is 252 g/mol.